The standard InChI is InChI=1S/C9H9NO3/c1-5-3-2-4-6(8(10)11)7(5)9(12)13/h2-4H,1H3,(H2,10,11)(H,12,13). The quantitative estimate of drug-likeness (QED) is 0.704. The van der Waals surface area contributed by atoms with Gasteiger partial charge in [0.2, 0.25) is 5.91 Å². The molecule has 0 aliphatic carbocycles. The van der Waals surface area contributed by atoms with Crippen LogP contribution in [-0.4, -0.2) is 17.0 Å². The zero-order valence-corrected chi connectivity index (χ0v) is 7.07. The summed E-state index contributed by atoms with van der Waals surface area (Å²) in [6.45, 7) is 1.62. The number of nitrogens with two attached hydrogens (primary N) is 1. The highest BCUT2D eigenvalue weighted by Gasteiger charge is 2.15. The molecule has 1 aromatic carbocycles. The molecule has 3 N–H and O–H groups in total. The molecule has 0 fully saturated rings. The van der Waals surface area contributed by atoms with Crippen LogP contribution in [0.25, 0.3) is 0 Å². The number of benzene rings is 1. The number of hydrogen-bond donors (Lipinski definition) is 2. The number of primary amides is 1. The Hall–Kier alpha value is -1.84. The number of hydrogen-bond acceptors (Lipinski definition) is 2. The zero-order chi connectivity index (χ0) is 10.0. The lowest BCUT2D eigenvalue weighted by Gasteiger charge is -2.04. The first kappa shape index (κ1) is 9.25. The highest BCUT2D eigenvalue weighted by Crippen LogP contribution is 2.13. The number of aryl methyl sites for hydroxylation is 1. The Balaban J connectivity index is 3.43. The van der Waals surface area contributed by atoms with Crippen LogP contribution in [0.1, 0.15) is 26.3 Å². The highest BCUT2D eigenvalue weighted by atomic mass is 16.4. The van der Waals surface area contributed by atoms with E-state index in [0.717, 1.165) is 0 Å². The van der Waals surface area contributed by atoms with E-state index < -0.39 is 11.9 Å². The van der Waals surface area contributed by atoms with Crippen molar-refractivity contribution in [3.05, 3.63) is 34.9 Å². The summed E-state index contributed by atoms with van der Waals surface area (Å²) in [7, 11) is 0. The average molecular weight is 179 g/mol. The first-order chi connectivity index (χ1) is 6.04. The maximum atomic E-state index is 10.8. The van der Waals surface area contributed by atoms with Gasteiger partial charge in [-0.25, -0.2) is 4.79 Å². The van der Waals surface area contributed by atoms with E-state index in [-0.39, 0.29) is 11.1 Å². The summed E-state index contributed by atoms with van der Waals surface area (Å²) in [5, 5.41) is 8.79. The van der Waals surface area contributed by atoms with Gasteiger partial charge in [-0.2, -0.15) is 0 Å². The topological polar surface area (TPSA) is 80.4 Å². The molecule has 0 saturated carbocycles. The van der Waals surface area contributed by atoms with E-state index in [1.807, 2.05) is 0 Å². The molecule has 1 rings (SSSR count). The molecule has 0 aliphatic rings. The molecule has 0 bridgehead atoms. The van der Waals surface area contributed by atoms with Gasteiger partial charge in [0.15, 0.2) is 0 Å². The van der Waals surface area contributed by atoms with Crippen LogP contribution >= 0.6 is 0 Å². The molecule has 1 amide bonds. The van der Waals surface area contributed by atoms with Crippen molar-refractivity contribution in [3.63, 3.8) is 0 Å². The molecule has 0 atom stereocenters. The summed E-state index contributed by atoms with van der Waals surface area (Å²) in [6.07, 6.45) is 0. The van der Waals surface area contributed by atoms with E-state index in [0.29, 0.717) is 5.56 Å². The van der Waals surface area contributed by atoms with Crippen LogP contribution < -0.4 is 5.73 Å². The Morgan fingerprint density at radius 1 is 1.38 bits per heavy atom. The Morgan fingerprint density at radius 3 is 2.38 bits per heavy atom. The summed E-state index contributed by atoms with van der Waals surface area (Å²) >= 11 is 0. The second kappa shape index (κ2) is 3.26. The van der Waals surface area contributed by atoms with Crippen molar-refractivity contribution >= 4 is 11.9 Å². The Morgan fingerprint density at radius 2 is 2.00 bits per heavy atom. The molecule has 0 unspecified atom stereocenters. The van der Waals surface area contributed by atoms with Crippen LogP contribution in [0.3, 0.4) is 0 Å². The predicted molar refractivity (Wildman–Crippen MR) is 46.7 cm³/mol. The molecule has 13 heavy (non-hydrogen) atoms. The van der Waals surface area contributed by atoms with Crippen LogP contribution in [0.2, 0.25) is 0 Å². The van der Waals surface area contributed by atoms with Crippen molar-refractivity contribution in [2.45, 2.75) is 6.92 Å². The summed E-state index contributed by atoms with van der Waals surface area (Å²) in [5.74, 6) is -1.85. The number of carbonyl (C=O) groups excluding carboxylic acids is 1. The lowest BCUT2D eigenvalue weighted by atomic mass is 10.0. The highest BCUT2D eigenvalue weighted by molar-refractivity contribution is 6.04. The van der Waals surface area contributed by atoms with E-state index in [4.69, 9.17) is 10.8 Å². The molecule has 0 aromatic heterocycles. The lowest BCUT2D eigenvalue weighted by Crippen LogP contribution is -2.17. The van der Waals surface area contributed by atoms with E-state index in [1.54, 1.807) is 19.1 Å². The van der Waals surface area contributed by atoms with Crippen LogP contribution in [-0.2, 0) is 0 Å². The first-order valence-corrected chi connectivity index (χ1v) is 3.66. The van der Waals surface area contributed by atoms with Crippen LogP contribution in [0.5, 0.6) is 0 Å². The second-order valence-corrected chi connectivity index (χ2v) is 2.67. The van der Waals surface area contributed by atoms with Gasteiger partial charge in [0, 0.05) is 0 Å². The van der Waals surface area contributed by atoms with Crippen molar-refractivity contribution in [3.8, 4) is 0 Å². The number of carbonyl (C=O) groups is 2. The molecule has 68 valence electrons. The van der Waals surface area contributed by atoms with Gasteiger partial charge in [-0.1, -0.05) is 12.1 Å². The fourth-order valence-electron chi connectivity index (χ4n) is 1.16. The SMILES string of the molecule is Cc1cccc(C(N)=O)c1C(=O)O. The molecule has 4 nitrogen and oxygen atoms in total. The molecular formula is C9H9NO3. The van der Waals surface area contributed by atoms with E-state index in [2.05, 4.69) is 0 Å². The van der Waals surface area contributed by atoms with Crippen molar-refractivity contribution in [2.24, 2.45) is 5.73 Å². The maximum Gasteiger partial charge on any atom is 0.336 e. The normalized spacial score (nSPS) is 9.62. The number of rotatable bonds is 2. The van der Waals surface area contributed by atoms with Gasteiger partial charge in [0.1, 0.15) is 0 Å². The lowest BCUT2D eigenvalue weighted by molar-refractivity contribution is 0.0691. The van der Waals surface area contributed by atoms with E-state index in [1.165, 1.54) is 6.07 Å². The van der Waals surface area contributed by atoms with Gasteiger partial charge >= 0.3 is 5.97 Å². The van der Waals surface area contributed by atoms with Crippen LogP contribution in [0.15, 0.2) is 18.2 Å². The summed E-state index contributed by atoms with van der Waals surface area (Å²) < 4.78 is 0. The van der Waals surface area contributed by atoms with Gasteiger partial charge in [-0.3, -0.25) is 4.79 Å². The first-order valence-electron chi connectivity index (χ1n) is 3.66. The monoisotopic (exact) mass is 179 g/mol. The Kier molecular flexibility index (Phi) is 2.32. The molecule has 0 heterocycles. The molecule has 0 saturated heterocycles. The number of aromatic carboxylic acids is 1. The molecular weight excluding hydrogens is 170 g/mol. The number of amides is 1. The van der Waals surface area contributed by atoms with Crippen molar-refractivity contribution < 1.29 is 14.7 Å². The van der Waals surface area contributed by atoms with Gasteiger partial charge in [0.05, 0.1) is 11.1 Å². The van der Waals surface area contributed by atoms with E-state index >= 15 is 0 Å². The number of carboxylic acid groups (broad SMARTS) is 1. The zero-order valence-electron chi connectivity index (χ0n) is 7.07. The summed E-state index contributed by atoms with van der Waals surface area (Å²) in [6, 6.07) is 4.62. The van der Waals surface area contributed by atoms with Gasteiger partial charge in [-0.15, -0.1) is 0 Å². The minimum absolute atomic E-state index is 0.0185. The molecule has 4 heteroatoms. The van der Waals surface area contributed by atoms with Crippen molar-refractivity contribution in [1.29, 1.82) is 0 Å². The summed E-state index contributed by atoms with van der Waals surface area (Å²) in [4.78, 5) is 21.6. The fraction of sp³-hybridized carbons (Fsp3) is 0.111. The van der Waals surface area contributed by atoms with Crippen LogP contribution in [0.4, 0.5) is 0 Å². The molecule has 0 radical (unpaired) electrons. The second-order valence-electron chi connectivity index (χ2n) is 2.67. The van der Waals surface area contributed by atoms with Gasteiger partial charge in [-0.05, 0) is 18.6 Å². The minimum atomic E-state index is -1.13. The van der Waals surface area contributed by atoms with E-state index in [9.17, 15) is 9.59 Å². The fourth-order valence-corrected chi connectivity index (χ4v) is 1.16. The molecule has 1 aromatic rings. The third-order valence-electron chi connectivity index (χ3n) is 1.75. The van der Waals surface area contributed by atoms with Gasteiger partial charge in [0.25, 0.3) is 0 Å². The van der Waals surface area contributed by atoms with Crippen molar-refractivity contribution in [2.75, 3.05) is 0 Å². The third-order valence-corrected chi connectivity index (χ3v) is 1.75. The largest absolute Gasteiger partial charge is 0.478 e. The van der Waals surface area contributed by atoms with Crippen molar-refractivity contribution in [1.82, 2.24) is 0 Å². The average Bonchev–Trinajstić information content (AvgIpc) is 2.02. The number of carboxylic acids is 1. The molecule has 0 spiro atoms. The smallest absolute Gasteiger partial charge is 0.336 e. The Bertz CT molecular complexity index is 371. The van der Waals surface area contributed by atoms with Crippen LogP contribution in [0, 0.1) is 6.92 Å². The predicted octanol–water partition coefficient (Wildman–Crippen LogP) is 0.792. The Labute approximate surface area is 75.0 Å². The minimum Gasteiger partial charge on any atom is -0.478 e. The maximum absolute atomic E-state index is 10.8. The van der Waals surface area contributed by atoms with Gasteiger partial charge < -0.3 is 10.8 Å². The third kappa shape index (κ3) is 1.66. The summed E-state index contributed by atoms with van der Waals surface area (Å²) in [5.41, 5.74) is 5.58. The molecule has 0 aliphatic heterocycles.